The Bertz CT molecular complexity index is 6680. The summed E-state index contributed by atoms with van der Waals surface area (Å²) in [5.41, 5.74) is 18.3. The summed E-state index contributed by atoms with van der Waals surface area (Å²) < 4.78 is 29.7. The number of nitrogen functional groups attached to an aromatic ring is 2. The number of benzene rings is 10. The van der Waals surface area contributed by atoms with Crippen molar-refractivity contribution in [1.82, 2.24) is 59.8 Å². The number of nitrogens with two attached hydrogens (primary N) is 2. The van der Waals surface area contributed by atoms with E-state index in [4.69, 9.17) is 63.1 Å². The van der Waals surface area contributed by atoms with Crippen molar-refractivity contribution in [3.05, 3.63) is 315 Å². The van der Waals surface area contributed by atoms with Gasteiger partial charge in [-0.05, 0) is 139 Å². The normalized spacial score (nSPS) is 10.0. The van der Waals surface area contributed by atoms with Crippen LogP contribution in [0, 0.1) is 40.5 Å². The van der Waals surface area contributed by atoms with E-state index < -0.39 is 55.5 Å². The molecular formula is C98H100Cl2N22O20. The molecule has 0 bridgehead atoms. The molecule has 0 aliphatic rings. The molecule has 0 radical (unpaired) electrons. The van der Waals surface area contributed by atoms with Gasteiger partial charge in [0.05, 0.1) is 104 Å². The number of nitrogens with zero attached hydrogens (tertiary/aromatic N) is 16. The van der Waals surface area contributed by atoms with Crippen molar-refractivity contribution >= 4 is 205 Å². The Morgan fingerprint density at radius 2 is 0.430 bits per heavy atom. The predicted molar refractivity (Wildman–Crippen MR) is 543 cm³/mol. The number of nitro benzene ring substituents is 4. The summed E-state index contributed by atoms with van der Waals surface area (Å²) in [4.78, 5) is 164. The molecule has 0 spiro atoms. The monoisotopic (exact) mass is 1970 g/mol. The summed E-state index contributed by atoms with van der Waals surface area (Å²) >= 11 is 11.6. The average Bonchev–Trinajstić information content (AvgIpc) is 0.808. The maximum atomic E-state index is 12.2. The molecule has 142 heavy (non-hydrogen) atoms. The quantitative estimate of drug-likeness (QED) is 0.0108. The number of rotatable bonds is 24. The topological polar surface area (TPSA) is 585 Å². The molecule has 10 aromatic carbocycles. The van der Waals surface area contributed by atoms with Gasteiger partial charge < -0.3 is 61.2 Å². The van der Waals surface area contributed by atoms with E-state index in [1.165, 1.54) is 60.7 Å². The molecule has 8 N–H and O–H groups in total. The van der Waals surface area contributed by atoms with Gasteiger partial charge in [0.25, 0.3) is 22.7 Å². The minimum absolute atomic E-state index is 0.0290. The Kier molecular flexibility index (Phi) is 44.2. The molecule has 16 aromatic rings. The highest BCUT2D eigenvalue weighted by atomic mass is 35.5. The Labute approximate surface area is 822 Å². The zero-order valence-electron chi connectivity index (χ0n) is 79.4. The molecule has 0 amide bonds. The maximum absolute atomic E-state index is 12.2. The highest BCUT2D eigenvalue weighted by Crippen LogP contribution is 2.34. The summed E-state index contributed by atoms with van der Waals surface area (Å²) in [6.45, 7) is 27.4. The molecule has 0 saturated carbocycles. The van der Waals surface area contributed by atoms with Crippen molar-refractivity contribution < 1.29 is 76.9 Å². The van der Waals surface area contributed by atoms with E-state index in [9.17, 15) is 69.2 Å². The third kappa shape index (κ3) is 30.0. The van der Waals surface area contributed by atoms with Gasteiger partial charge in [-0.1, -0.05) is 188 Å². The molecule has 6 heterocycles. The van der Waals surface area contributed by atoms with Crippen molar-refractivity contribution in [2.75, 3.05) is 72.4 Å². The summed E-state index contributed by atoms with van der Waals surface area (Å²) in [6, 6.07) is 64.7. The number of ether oxygens (including phenoxy) is 6. The first-order valence-electron chi connectivity index (χ1n) is 44.2. The number of nitro groups is 4. The van der Waals surface area contributed by atoms with Crippen LogP contribution in [-0.2, 0) is 28.4 Å². The van der Waals surface area contributed by atoms with Crippen molar-refractivity contribution in [2.24, 2.45) is 0 Å². The molecule has 42 nitrogen and oxygen atoms in total. The van der Waals surface area contributed by atoms with Gasteiger partial charge in [-0.15, -0.1) is 0 Å². The molecule has 0 atom stereocenters. The summed E-state index contributed by atoms with van der Waals surface area (Å²) in [5.74, 6) is -2.94. The SMILES string of the molecule is CC.CC.CC.CC.CCOC(=O)c1nc2cccc(N)c2nc1Nc1ccccc1.CCOC(=O)c1nc2cccc(N)c2nc1Nc1ccccc1.CCOC(=O)c1nc2cccc([N+](=O)[O-])c2nc1Cl.CCOC(=O)c1nc2cccc([N+](=O)[O-])c2nc1Cl.CCOC(=O)c1nc2cccc([N+](=O)[O-])c2nc1Nc1ccccc1.CCOC(=O)c1nc2cccc([N+](=O)[O-])c2nc1Nc1ccccc1. The molecule has 44 heteroatoms. The van der Waals surface area contributed by atoms with Crippen LogP contribution in [0.4, 0.5) is 80.1 Å². The minimum atomic E-state index is -0.714. The number of aromatic nitrogens is 12. The number of hydrogen-bond donors (Lipinski definition) is 6. The van der Waals surface area contributed by atoms with Crippen LogP contribution in [0.3, 0.4) is 0 Å². The highest BCUT2D eigenvalue weighted by molar-refractivity contribution is 6.33. The second-order valence-corrected chi connectivity index (χ2v) is 27.5. The number of nitrogens with one attached hydrogen (secondary N) is 4. The molecule has 0 fully saturated rings. The van der Waals surface area contributed by atoms with Gasteiger partial charge in [0.2, 0.25) is 0 Å². The summed E-state index contributed by atoms with van der Waals surface area (Å²) in [5, 5.41) is 55.9. The Morgan fingerprint density at radius 1 is 0.254 bits per heavy atom. The fraction of sp³-hybridized carbons (Fsp3) is 0.204. The molecule has 0 aliphatic heterocycles. The van der Waals surface area contributed by atoms with E-state index in [1.807, 2.05) is 152 Å². The molecule has 0 unspecified atom stereocenters. The average molecular weight is 1980 g/mol. The molecule has 16 rings (SSSR count). The number of hydrogen-bond acceptors (Lipinski definition) is 38. The number of halogens is 2. The Hall–Kier alpha value is -18.0. The van der Waals surface area contributed by atoms with Crippen molar-refractivity contribution in [3.63, 3.8) is 0 Å². The second-order valence-electron chi connectivity index (χ2n) is 26.7. The first-order valence-corrected chi connectivity index (χ1v) is 45.0. The largest absolute Gasteiger partial charge is 0.461 e. The molecule has 6 aromatic heterocycles. The van der Waals surface area contributed by atoms with Crippen LogP contribution in [0.2, 0.25) is 10.3 Å². The molecular weight excluding hydrogens is 1880 g/mol. The number of fused-ring (bicyclic) bond motifs is 6. The summed E-state index contributed by atoms with van der Waals surface area (Å²) in [7, 11) is 0. The fourth-order valence-electron chi connectivity index (χ4n) is 12.0. The highest BCUT2D eigenvalue weighted by Gasteiger charge is 2.28. The van der Waals surface area contributed by atoms with Crippen LogP contribution in [0.25, 0.3) is 66.2 Å². The lowest BCUT2D eigenvalue weighted by Gasteiger charge is -2.12. The van der Waals surface area contributed by atoms with Crippen LogP contribution in [0.1, 0.15) is 160 Å². The standard InChI is InChI=1S/2C17H14N4O4.2C17H16N4O2.2C11H8ClN3O4.4C2H6/c2*1-2-25-17(22)15-16(18-11-7-4-3-5-8-11)20-14-12(19-15)9-6-10-13(14)21(23)24;2*1-2-23-17(22)15-16(19-11-7-4-3-5-8-11)21-14-12(18)9-6-10-13(14)20-15;2*1-2-19-11(16)9-10(12)14-8-6(13-9)4-3-5-7(8)15(17)18;4*1-2/h2*3-10H,2H2,1H3,(H,18,20);2*3-10H,2,18H2,1H3,(H,19,21);2*3-5H,2H2,1H3;4*1-2H3. The minimum Gasteiger partial charge on any atom is -0.461 e. The maximum Gasteiger partial charge on any atom is 0.360 e. The number of esters is 6. The first kappa shape index (κ1) is 111. The first-order chi connectivity index (χ1) is 68.6. The lowest BCUT2D eigenvalue weighted by Crippen LogP contribution is -2.12. The summed E-state index contributed by atoms with van der Waals surface area (Å²) in [6.07, 6.45) is 0. The van der Waals surface area contributed by atoms with Gasteiger partial charge in [-0.25, -0.2) is 88.6 Å². The zero-order valence-corrected chi connectivity index (χ0v) is 80.9. The van der Waals surface area contributed by atoms with E-state index in [2.05, 4.69) is 81.1 Å². The smallest absolute Gasteiger partial charge is 0.360 e. The van der Waals surface area contributed by atoms with Crippen molar-refractivity contribution in [3.8, 4) is 0 Å². The second kappa shape index (κ2) is 56.5. The van der Waals surface area contributed by atoms with Crippen molar-refractivity contribution in [1.29, 1.82) is 0 Å². The van der Waals surface area contributed by atoms with Gasteiger partial charge in [0.15, 0.2) is 89.8 Å². The zero-order chi connectivity index (χ0) is 104. The third-order valence-corrected chi connectivity index (χ3v) is 18.3. The number of anilines is 10. The lowest BCUT2D eigenvalue weighted by atomic mass is 10.2. The van der Waals surface area contributed by atoms with Gasteiger partial charge in [-0.2, -0.15) is 0 Å². The van der Waals surface area contributed by atoms with Crippen LogP contribution in [0.5, 0.6) is 0 Å². The molecule has 0 saturated heterocycles. The van der Waals surface area contributed by atoms with E-state index in [0.717, 1.165) is 11.4 Å². The van der Waals surface area contributed by atoms with Gasteiger partial charge in [-0.3, -0.25) is 40.5 Å². The van der Waals surface area contributed by atoms with Gasteiger partial charge >= 0.3 is 35.8 Å². The van der Waals surface area contributed by atoms with E-state index in [0.29, 0.717) is 56.5 Å². The van der Waals surface area contributed by atoms with E-state index >= 15 is 0 Å². The number of non-ortho nitro benzene ring substituents is 4. The van der Waals surface area contributed by atoms with Crippen LogP contribution < -0.4 is 32.7 Å². The number of carbonyl (C=O) groups is 6. The number of carbonyl (C=O) groups excluding carboxylic acids is 6. The predicted octanol–water partition coefficient (Wildman–Crippen LogP) is 22.0. The van der Waals surface area contributed by atoms with Gasteiger partial charge in [0.1, 0.15) is 11.0 Å². The van der Waals surface area contributed by atoms with Crippen LogP contribution in [0.15, 0.2) is 231 Å². The van der Waals surface area contributed by atoms with Gasteiger partial charge in [0, 0.05) is 47.0 Å². The lowest BCUT2D eigenvalue weighted by molar-refractivity contribution is -0.383. The van der Waals surface area contributed by atoms with Crippen molar-refractivity contribution in [2.45, 2.75) is 96.9 Å². The third-order valence-electron chi connectivity index (χ3n) is 17.8. The fourth-order valence-corrected chi connectivity index (χ4v) is 12.4. The van der Waals surface area contributed by atoms with Crippen LogP contribution in [-0.4, -0.2) is 155 Å². The Balaban J connectivity index is 0.000000229. The molecule has 736 valence electrons. The molecule has 0 aliphatic carbocycles. The van der Waals surface area contributed by atoms with E-state index in [-0.39, 0.29) is 163 Å². The number of para-hydroxylation sites is 10. The van der Waals surface area contributed by atoms with E-state index in [1.54, 1.807) is 114 Å². The van der Waals surface area contributed by atoms with Crippen LogP contribution >= 0.6 is 23.2 Å². The Morgan fingerprint density at radius 3 is 0.634 bits per heavy atom.